The van der Waals surface area contributed by atoms with Crippen LogP contribution in [0.5, 0.6) is 23.0 Å². The molecule has 2 aliphatic heterocycles. The predicted octanol–water partition coefficient (Wildman–Crippen LogP) is 4.89. The first kappa shape index (κ1) is 26.6. The molecular weight excluding hydrogens is 496 g/mol. The number of aromatic hydroxyl groups is 4. The molecule has 2 unspecified atom stereocenters. The van der Waals surface area contributed by atoms with Crippen LogP contribution < -0.4 is 0 Å². The first-order chi connectivity index (χ1) is 19.0. The largest absolute Gasteiger partial charge is 0.508 e. The van der Waals surface area contributed by atoms with Gasteiger partial charge in [0.25, 0.3) is 0 Å². The third kappa shape index (κ3) is 6.17. The molecule has 6 rings (SSSR count). The third-order valence-corrected chi connectivity index (χ3v) is 6.95. The van der Waals surface area contributed by atoms with Crippen molar-refractivity contribution in [3.8, 4) is 23.0 Å². The molecule has 0 saturated carbocycles. The zero-order valence-corrected chi connectivity index (χ0v) is 21.4. The van der Waals surface area contributed by atoms with E-state index in [1.807, 2.05) is 6.07 Å². The summed E-state index contributed by atoms with van der Waals surface area (Å²) >= 11 is 0. The minimum Gasteiger partial charge on any atom is -0.508 e. The molecule has 0 bridgehead atoms. The average molecular weight is 529 g/mol. The van der Waals surface area contributed by atoms with E-state index in [2.05, 4.69) is 0 Å². The van der Waals surface area contributed by atoms with Crippen molar-refractivity contribution in [2.75, 3.05) is 26.4 Å². The van der Waals surface area contributed by atoms with Crippen LogP contribution in [0.25, 0.3) is 0 Å². The smallest absolute Gasteiger partial charge is 0.120 e. The normalized spacial score (nSPS) is 17.6. The highest BCUT2D eigenvalue weighted by atomic mass is 16.6. The number of phenolic OH excluding ortho intramolecular Hbond substituents is 4. The molecule has 0 radical (unpaired) electrons. The van der Waals surface area contributed by atoms with Gasteiger partial charge in [0.2, 0.25) is 0 Å². The van der Waals surface area contributed by atoms with Crippen LogP contribution in [0.4, 0.5) is 0 Å². The minimum atomic E-state index is -1.17. The fourth-order valence-electron chi connectivity index (χ4n) is 4.83. The Kier molecular flexibility index (Phi) is 8.02. The summed E-state index contributed by atoms with van der Waals surface area (Å²) in [6, 6.07) is 27.6. The van der Waals surface area contributed by atoms with Crippen molar-refractivity contribution in [1.82, 2.24) is 0 Å². The maximum absolute atomic E-state index is 10.9. The molecule has 4 aromatic carbocycles. The summed E-state index contributed by atoms with van der Waals surface area (Å²) in [6.45, 7) is 3.26. The SMILES string of the molecule is C(OCC1CO1)C1CO1.Oc1ccccc1CC(c1ccccc1O)(c1ccccc1O)c1ccccc1O. The monoisotopic (exact) mass is 528 g/mol. The molecule has 39 heavy (non-hydrogen) atoms. The average Bonchev–Trinajstić information content (AvgIpc) is 3.87. The number of hydrogen-bond donors (Lipinski definition) is 4. The molecule has 202 valence electrons. The van der Waals surface area contributed by atoms with Gasteiger partial charge in [-0.2, -0.15) is 0 Å². The van der Waals surface area contributed by atoms with Crippen molar-refractivity contribution in [2.24, 2.45) is 0 Å². The highest BCUT2D eigenvalue weighted by molar-refractivity contribution is 5.62. The lowest BCUT2D eigenvalue weighted by Gasteiger charge is -2.37. The van der Waals surface area contributed by atoms with Crippen molar-refractivity contribution in [3.63, 3.8) is 0 Å². The van der Waals surface area contributed by atoms with Gasteiger partial charge in [-0.25, -0.2) is 0 Å². The van der Waals surface area contributed by atoms with Gasteiger partial charge in [-0.05, 0) is 36.2 Å². The van der Waals surface area contributed by atoms with Crippen LogP contribution in [0.1, 0.15) is 22.3 Å². The Morgan fingerprint density at radius 3 is 1.28 bits per heavy atom. The van der Waals surface area contributed by atoms with Crippen molar-refractivity contribution in [3.05, 3.63) is 119 Å². The number of para-hydroxylation sites is 4. The quantitative estimate of drug-likeness (QED) is 0.181. The van der Waals surface area contributed by atoms with Crippen molar-refractivity contribution in [1.29, 1.82) is 0 Å². The highest BCUT2D eigenvalue weighted by Crippen LogP contribution is 2.51. The van der Waals surface area contributed by atoms with E-state index < -0.39 is 5.41 Å². The highest BCUT2D eigenvalue weighted by Gasteiger charge is 2.42. The molecule has 4 N–H and O–H groups in total. The van der Waals surface area contributed by atoms with Crippen molar-refractivity contribution < 1.29 is 34.6 Å². The van der Waals surface area contributed by atoms with Crippen LogP contribution in [-0.2, 0) is 26.0 Å². The van der Waals surface area contributed by atoms with Crippen LogP contribution in [0.3, 0.4) is 0 Å². The first-order valence-electron chi connectivity index (χ1n) is 12.9. The van der Waals surface area contributed by atoms with Crippen LogP contribution in [0.2, 0.25) is 0 Å². The first-order valence-corrected chi connectivity index (χ1v) is 12.9. The van der Waals surface area contributed by atoms with E-state index in [0.29, 0.717) is 34.5 Å². The van der Waals surface area contributed by atoms with Gasteiger partial charge in [-0.3, -0.25) is 0 Å². The maximum Gasteiger partial charge on any atom is 0.120 e. The van der Waals surface area contributed by atoms with Gasteiger partial charge in [0.15, 0.2) is 0 Å². The second-order valence-corrected chi connectivity index (χ2v) is 9.71. The summed E-state index contributed by atoms with van der Waals surface area (Å²) in [5.41, 5.74) is 0.983. The third-order valence-electron chi connectivity index (χ3n) is 6.95. The lowest BCUT2D eigenvalue weighted by Crippen LogP contribution is -2.32. The molecule has 7 nitrogen and oxygen atoms in total. The molecule has 2 atom stereocenters. The summed E-state index contributed by atoms with van der Waals surface area (Å²) in [7, 11) is 0. The van der Waals surface area contributed by atoms with E-state index in [0.717, 1.165) is 26.4 Å². The Balaban J connectivity index is 0.000000287. The van der Waals surface area contributed by atoms with Crippen LogP contribution in [0, 0.1) is 0 Å². The molecule has 2 aliphatic rings. The zero-order chi connectivity index (χ0) is 27.2. The fraction of sp³-hybridized carbons (Fsp3) is 0.250. The second kappa shape index (κ2) is 11.8. The Hall–Kier alpha value is -4.04. The van der Waals surface area contributed by atoms with Gasteiger partial charge in [0, 0.05) is 16.7 Å². The van der Waals surface area contributed by atoms with E-state index >= 15 is 0 Å². The van der Waals surface area contributed by atoms with E-state index in [1.165, 1.54) is 0 Å². The number of hydrogen-bond acceptors (Lipinski definition) is 7. The second-order valence-electron chi connectivity index (χ2n) is 9.71. The molecule has 2 fully saturated rings. The molecule has 0 aliphatic carbocycles. The predicted molar refractivity (Wildman–Crippen MR) is 146 cm³/mol. The lowest BCUT2D eigenvalue weighted by molar-refractivity contribution is 0.102. The number of rotatable bonds is 9. The van der Waals surface area contributed by atoms with E-state index in [9.17, 15) is 20.4 Å². The van der Waals surface area contributed by atoms with Gasteiger partial charge in [-0.1, -0.05) is 72.8 Å². The van der Waals surface area contributed by atoms with Gasteiger partial charge in [0.1, 0.15) is 35.2 Å². The number of phenols is 4. The van der Waals surface area contributed by atoms with Crippen molar-refractivity contribution in [2.45, 2.75) is 24.0 Å². The van der Waals surface area contributed by atoms with Gasteiger partial charge in [-0.15, -0.1) is 0 Å². The molecule has 4 aromatic rings. The molecule has 0 amide bonds. The molecule has 0 aromatic heterocycles. The number of benzene rings is 4. The number of epoxide rings is 2. The van der Waals surface area contributed by atoms with Gasteiger partial charge in [0.05, 0.1) is 31.8 Å². The van der Waals surface area contributed by atoms with Crippen LogP contribution in [-0.4, -0.2) is 59.1 Å². The summed E-state index contributed by atoms with van der Waals surface area (Å²) in [6.07, 6.45) is 0.986. The van der Waals surface area contributed by atoms with E-state index in [4.69, 9.17) is 14.2 Å². The maximum atomic E-state index is 10.9. The Morgan fingerprint density at radius 1 is 0.564 bits per heavy atom. The molecular formula is C32H32O7. The standard InChI is InChI=1S/C26H22O4.C6H10O3/c27-22-13-5-1-9-18(22)17-26(19-10-2-6-14-23(19)28,20-11-3-7-15-24(20)29)21-12-4-8-16-25(21)30;1(5-3-8-5)7-2-6-4-9-6/h1-16,27-30H,17H2;5-6H,1-4H2. The summed E-state index contributed by atoms with van der Waals surface area (Å²) < 4.78 is 15.1. The molecule has 2 saturated heterocycles. The summed E-state index contributed by atoms with van der Waals surface area (Å²) in [5, 5.41) is 43.2. The molecule has 0 spiro atoms. The Labute approximate surface area is 227 Å². The minimum absolute atomic E-state index is 0.0272. The number of ether oxygens (including phenoxy) is 3. The summed E-state index contributed by atoms with van der Waals surface area (Å²) in [5.74, 6) is 0.182. The fourth-order valence-corrected chi connectivity index (χ4v) is 4.83. The summed E-state index contributed by atoms with van der Waals surface area (Å²) in [4.78, 5) is 0. The van der Waals surface area contributed by atoms with Gasteiger partial charge >= 0.3 is 0 Å². The topological polar surface area (TPSA) is 115 Å². The van der Waals surface area contributed by atoms with Crippen molar-refractivity contribution >= 4 is 0 Å². The lowest BCUT2D eigenvalue weighted by atomic mass is 9.65. The Bertz CT molecular complexity index is 1270. The molecule has 7 heteroatoms. The van der Waals surface area contributed by atoms with Crippen LogP contribution >= 0.6 is 0 Å². The van der Waals surface area contributed by atoms with E-state index in [-0.39, 0.29) is 29.4 Å². The zero-order valence-electron chi connectivity index (χ0n) is 21.4. The van der Waals surface area contributed by atoms with Gasteiger partial charge < -0.3 is 34.6 Å². The Morgan fingerprint density at radius 2 is 0.923 bits per heavy atom. The molecule has 2 heterocycles. The van der Waals surface area contributed by atoms with E-state index in [1.54, 1.807) is 91.0 Å². The van der Waals surface area contributed by atoms with Crippen LogP contribution in [0.15, 0.2) is 97.1 Å².